The fourth-order valence-corrected chi connectivity index (χ4v) is 8.72. The summed E-state index contributed by atoms with van der Waals surface area (Å²) in [6, 6.07) is 33.8. The number of ether oxygens (including phenoxy) is 5. The molecule has 1 amide bonds. The lowest BCUT2D eigenvalue weighted by Gasteiger charge is -2.44. The molecule has 4 atom stereocenters. The first kappa shape index (κ1) is 45.6. The van der Waals surface area contributed by atoms with E-state index in [1.165, 1.54) is 6.33 Å². The third-order valence-corrected chi connectivity index (χ3v) is 16.3. The summed E-state index contributed by atoms with van der Waals surface area (Å²) in [5.41, 5.74) is 1.98. The zero-order chi connectivity index (χ0) is 45.6. The predicted octanol–water partition coefficient (Wildman–Crippen LogP) is 8.17. The monoisotopic (exact) mass is 887 g/mol. The van der Waals surface area contributed by atoms with Crippen molar-refractivity contribution in [2.45, 2.75) is 81.9 Å². The lowest BCUT2D eigenvalue weighted by Crippen LogP contribution is -2.52. The maximum Gasteiger partial charge on any atom is 0.306 e. The molecule has 6 aromatic rings. The summed E-state index contributed by atoms with van der Waals surface area (Å²) >= 11 is 0. The molecular weight excluding hydrogens is 835 g/mol. The van der Waals surface area contributed by atoms with E-state index in [1.54, 1.807) is 49.4 Å². The summed E-state index contributed by atoms with van der Waals surface area (Å²) in [4.78, 5) is 51.6. The van der Waals surface area contributed by atoms with E-state index in [-0.39, 0.29) is 29.8 Å². The normalized spacial score (nSPS) is 17.8. The highest BCUT2D eigenvalue weighted by atomic mass is 28.4. The van der Waals surface area contributed by atoms with Gasteiger partial charge in [0.05, 0.1) is 33.4 Å². The van der Waals surface area contributed by atoms with Gasteiger partial charge in [-0.2, -0.15) is 0 Å². The number of aromatic nitrogens is 4. The highest BCUT2D eigenvalue weighted by molar-refractivity contribution is 6.74. The number of nitrogens with one attached hydrogen (secondary N) is 1. The van der Waals surface area contributed by atoms with Gasteiger partial charge in [-0.05, 0) is 71.2 Å². The Morgan fingerprint density at radius 3 is 1.91 bits per heavy atom. The largest absolute Gasteiger partial charge is 0.497 e. The summed E-state index contributed by atoms with van der Waals surface area (Å²) in [5.74, 6) is -0.741. The number of rotatable bonds is 17. The minimum atomic E-state index is -2.73. The van der Waals surface area contributed by atoms with Gasteiger partial charge in [0.25, 0.3) is 5.91 Å². The molecule has 64 heavy (non-hydrogen) atoms. The topological polar surface area (TPSA) is 182 Å². The molecular formula is C48H53N5O10Si. The Morgan fingerprint density at radius 2 is 1.34 bits per heavy atom. The van der Waals surface area contributed by atoms with E-state index in [2.05, 4.69) is 49.1 Å². The second-order valence-electron chi connectivity index (χ2n) is 16.9. The third-order valence-electron chi connectivity index (χ3n) is 11.9. The Bertz CT molecular complexity index is 2500. The molecule has 0 spiro atoms. The van der Waals surface area contributed by atoms with Gasteiger partial charge >= 0.3 is 11.9 Å². The molecule has 1 fully saturated rings. The van der Waals surface area contributed by atoms with Gasteiger partial charge in [-0.25, -0.2) is 15.0 Å². The second kappa shape index (κ2) is 19.1. The van der Waals surface area contributed by atoms with Gasteiger partial charge in [-0.15, -0.1) is 0 Å². The van der Waals surface area contributed by atoms with Crippen LogP contribution in [0.2, 0.25) is 18.1 Å². The van der Waals surface area contributed by atoms with Crippen LogP contribution >= 0.6 is 0 Å². The van der Waals surface area contributed by atoms with Crippen molar-refractivity contribution in [2.24, 2.45) is 0 Å². The van der Waals surface area contributed by atoms with Gasteiger partial charge in [0.2, 0.25) is 0 Å². The lowest BCUT2D eigenvalue weighted by atomic mass is 9.79. The molecule has 334 valence electrons. The lowest BCUT2D eigenvalue weighted by molar-refractivity contribution is -0.156. The number of anilines is 1. The minimum Gasteiger partial charge on any atom is -0.497 e. The first-order valence-corrected chi connectivity index (χ1v) is 23.8. The van der Waals surface area contributed by atoms with Crippen LogP contribution < -0.4 is 14.8 Å². The molecule has 1 saturated heterocycles. The van der Waals surface area contributed by atoms with Gasteiger partial charge in [0.1, 0.15) is 48.3 Å². The number of carboxylic acids is 1. The second-order valence-corrected chi connectivity index (χ2v) is 21.7. The highest BCUT2D eigenvalue weighted by Gasteiger charge is 2.55. The molecule has 1 aliphatic heterocycles. The average molecular weight is 888 g/mol. The molecule has 3 heterocycles. The summed E-state index contributed by atoms with van der Waals surface area (Å²) in [6.45, 7) is 10.3. The Labute approximate surface area is 372 Å². The molecule has 1 aliphatic rings. The van der Waals surface area contributed by atoms with Crippen molar-refractivity contribution in [1.29, 1.82) is 0 Å². The van der Waals surface area contributed by atoms with Gasteiger partial charge in [-0.1, -0.05) is 93.6 Å². The molecule has 0 unspecified atom stereocenters. The van der Waals surface area contributed by atoms with Crippen LogP contribution in [-0.4, -0.2) is 89.9 Å². The summed E-state index contributed by atoms with van der Waals surface area (Å²) in [7, 11) is 0.474. The van der Waals surface area contributed by atoms with Crippen LogP contribution in [0.15, 0.2) is 122 Å². The van der Waals surface area contributed by atoms with E-state index in [9.17, 15) is 19.5 Å². The first-order valence-electron chi connectivity index (χ1n) is 20.9. The van der Waals surface area contributed by atoms with Crippen molar-refractivity contribution in [3.05, 3.63) is 144 Å². The zero-order valence-corrected chi connectivity index (χ0v) is 37.9. The Balaban J connectivity index is 1.42. The van der Waals surface area contributed by atoms with Gasteiger partial charge in [0.15, 0.2) is 31.5 Å². The Hall–Kier alpha value is -6.46. The van der Waals surface area contributed by atoms with Crippen molar-refractivity contribution in [3.8, 4) is 11.5 Å². The van der Waals surface area contributed by atoms with Crippen molar-refractivity contribution in [1.82, 2.24) is 19.5 Å². The molecule has 4 aromatic carbocycles. The van der Waals surface area contributed by atoms with Crippen molar-refractivity contribution >= 4 is 43.1 Å². The van der Waals surface area contributed by atoms with E-state index >= 15 is 0 Å². The van der Waals surface area contributed by atoms with Crippen LogP contribution in [0.4, 0.5) is 5.82 Å². The quantitative estimate of drug-likeness (QED) is 0.0509. The SMILES string of the molecule is COc1ccc(C(O[C@H]2[C@@H](O[Si](C)(C)C(C)(C)C)[C@H](n3cnc4c(NC(=O)c5ccccc5)ncnc43)O[C@@H]2COC(=O)CCC(=O)O)(c2ccccc2)c2ccc(OC)cc2)cc1. The van der Waals surface area contributed by atoms with Crippen molar-refractivity contribution < 1.29 is 47.6 Å². The van der Waals surface area contributed by atoms with Crippen LogP contribution in [0.1, 0.15) is 66.9 Å². The molecule has 2 N–H and O–H groups in total. The predicted molar refractivity (Wildman–Crippen MR) is 241 cm³/mol. The number of esters is 1. The number of imidazole rings is 1. The fraction of sp³-hybridized carbons (Fsp3) is 0.333. The smallest absolute Gasteiger partial charge is 0.306 e. The molecule has 0 bridgehead atoms. The Morgan fingerprint density at radius 1 is 0.766 bits per heavy atom. The third kappa shape index (κ3) is 9.55. The summed E-state index contributed by atoms with van der Waals surface area (Å²) < 4.78 is 40.9. The van der Waals surface area contributed by atoms with E-state index in [0.717, 1.165) is 16.7 Å². The van der Waals surface area contributed by atoms with Crippen LogP contribution in [0.5, 0.6) is 11.5 Å². The number of methoxy groups -OCH3 is 2. The van der Waals surface area contributed by atoms with E-state index in [0.29, 0.717) is 28.2 Å². The van der Waals surface area contributed by atoms with Crippen LogP contribution in [0.3, 0.4) is 0 Å². The van der Waals surface area contributed by atoms with E-state index in [4.69, 9.17) is 33.1 Å². The molecule has 15 nitrogen and oxygen atoms in total. The van der Waals surface area contributed by atoms with Crippen LogP contribution in [0, 0.1) is 0 Å². The van der Waals surface area contributed by atoms with Crippen LogP contribution in [-0.2, 0) is 33.8 Å². The van der Waals surface area contributed by atoms with E-state index < -0.39 is 56.8 Å². The maximum absolute atomic E-state index is 13.3. The number of carbonyl (C=O) groups excluding carboxylic acids is 2. The Kier molecular flexibility index (Phi) is 13.6. The number of hydrogen-bond acceptors (Lipinski definition) is 12. The fourth-order valence-electron chi connectivity index (χ4n) is 7.44. The summed E-state index contributed by atoms with van der Waals surface area (Å²) in [6.07, 6.45) is -1.73. The molecule has 0 aliphatic carbocycles. The number of fused-ring (bicyclic) bond motifs is 1. The first-order chi connectivity index (χ1) is 30.6. The average Bonchev–Trinajstić information content (AvgIpc) is 3.87. The molecule has 0 radical (unpaired) electrons. The standard InChI is InChI=1S/C48H53N5O10Si/c1-47(2,3)64(6,7)63-42-41(62-48(32-16-12-9-13-17-32,33-18-22-35(58-4)23-19-33)34-20-24-36(59-5)25-21-34)37(28-60-39(56)27-26-38(54)55)61-46(42)53-30-51-40-43(49-29-50-44(40)53)52-45(57)31-14-10-8-11-15-31/h8-25,29-30,37,41-42,46H,26-28H2,1-7H3,(H,54,55)(H,49,50,52,57)/t37-,41-,42-,46-/m1/s1. The summed E-state index contributed by atoms with van der Waals surface area (Å²) in [5, 5.41) is 11.9. The number of hydrogen-bond donors (Lipinski definition) is 2. The molecule has 2 aromatic heterocycles. The molecule has 0 saturated carbocycles. The van der Waals surface area contributed by atoms with Crippen molar-refractivity contribution in [2.75, 3.05) is 26.1 Å². The van der Waals surface area contributed by atoms with Crippen LogP contribution in [0.25, 0.3) is 11.2 Å². The van der Waals surface area contributed by atoms with Gasteiger partial charge in [-0.3, -0.25) is 19.0 Å². The number of benzene rings is 4. The maximum atomic E-state index is 13.3. The number of nitrogens with zero attached hydrogens (tertiary/aromatic N) is 4. The van der Waals surface area contributed by atoms with Gasteiger partial charge in [0, 0.05) is 5.56 Å². The molecule has 7 rings (SSSR count). The van der Waals surface area contributed by atoms with Crippen molar-refractivity contribution in [3.63, 3.8) is 0 Å². The van der Waals surface area contributed by atoms with Gasteiger partial charge < -0.3 is 38.5 Å². The minimum absolute atomic E-state index is 0.191. The number of aliphatic carboxylic acids is 1. The molecule has 16 heteroatoms. The van der Waals surface area contributed by atoms with E-state index in [1.807, 2.05) is 84.9 Å². The zero-order valence-electron chi connectivity index (χ0n) is 36.9. The number of amides is 1. The number of carboxylic acid groups (broad SMARTS) is 1. The highest BCUT2D eigenvalue weighted by Crippen LogP contribution is 2.49. The number of carbonyl (C=O) groups is 3.